The van der Waals surface area contributed by atoms with Crippen molar-refractivity contribution in [1.82, 2.24) is 9.97 Å². The average Bonchev–Trinajstić information content (AvgIpc) is 2.48. The number of nitrogens with zero attached hydrogens (tertiary/aromatic N) is 2. The monoisotopic (exact) mass is 306 g/mol. The van der Waals surface area contributed by atoms with Crippen molar-refractivity contribution < 1.29 is 9.53 Å². The van der Waals surface area contributed by atoms with Crippen LogP contribution in [0.4, 0.5) is 0 Å². The number of ether oxygens (including phenoxy) is 1. The highest BCUT2D eigenvalue weighted by Crippen LogP contribution is 2.28. The molecule has 0 aliphatic carbocycles. The molecule has 1 aromatic heterocycles. The van der Waals surface area contributed by atoms with Gasteiger partial charge in [-0.25, -0.2) is 14.8 Å². The van der Waals surface area contributed by atoms with Gasteiger partial charge in [-0.15, -0.1) is 0 Å². The van der Waals surface area contributed by atoms with Crippen LogP contribution in [0.15, 0.2) is 30.3 Å². The summed E-state index contributed by atoms with van der Waals surface area (Å²) in [5, 5.41) is 0.943. The van der Waals surface area contributed by atoms with Crippen molar-refractivity contribution in [1.29, 1.82) is 0 Å². The minimum Gasteiger partial charge on any atom is -0.465 e. The summed E-state index contributed by atoms with van der Waals surface area (Å²) in [6.07, 6.45) is 0. The van der Waals surface area contributed by atoms with Gasteiger partial charge in [0, 0.05) is 0 Å². The number of esters is 1. The van der Waals surface area contributed by atoms with E-state index in [0.29, 0.717) is 37.7 Å². The highest BCUT2D eigenvalue weighted by atomic mass is 35.5. The molecule has 0 spiro atoms. The van der Waals surface area contributed by atoms with Gasteiger partial charge >= 0.3 is 5.97 Å². The van der Waals surface area contributed by atoms with Gasteiger partial charge in [0.05, 0.1) is 33.8 Å². The van der Waals surface area contributed by atoms with E-state index in [4.69, 9.17) is 23.2 Å². The molecule has 0 N–H and O–H groups in total. The third-order valence-electron chi connectivity index (χ3n) is 2.91. The van der Waals surface area contributed by atoms with Crippen molar-refractivity contribution in [2.24, 2.45) is 0 Å². The molecule has 20 heavy (non-hydrogen) atoms. The summed E-state index contributed by atoms with van der Waals surface area (Å²) in [5.74, 6) is -0.425. The molecule has 0 fully saturated rings. The van der Waals surface area contributed by atoms with Crippen LogP contribution in [0, 0.1) is 0 Å². The molecule has 0 bridgehead atoms. The molecule has 0 amide bonds. The molecule has 0 aliphatic heterocycles. The molecule has 0 atom stereocenters. The van der Waals surface area contributed by atoms with Gasteiger partial charge in [-0.3, -0.25) is 0 Å². The molecule has 100 valence electrons. The smallest absolute Gasteiger partial charge is 0.337 e. The van der Waals surface area contributed by atoms with Gasteiger partial charge in [0.1, 0.15) is 11.0 Å². The lowest BCUT2D eigenvalue weighted by molar-refractivity contribution is 0.0601. The molecule has 6 heteroatoms. The van der Waals surface area contributed by atoms with Gasteiger partial charge in [0.15, 0.2) is 0 Å². The van der Waals surface area contributed by atoms with E-state index in [0.717, 1.165) is 0 Å². The maximum absolute atomic E-state index is 11.5. The van der Waals surface area contributed by atoms with Crippen LogP contribution in [0.25, 0.3) is 22.1 Å². The van der Waals surface area contributed by atoms with Crippen LogP contribution < -0.4 is 0 Å². The number of hydrogen-bond acceptors (Lipinski definition) is 4. The van der Waals surface area contributed by atoms with Crippen LogP contribution in [0.2, 0.25) is 10.0 Å². The van der Waals surface area contributed by atoms with Crippen LogP contribution >= 0.6 is 23.2 Å². The molecule has 3 aromatic rings. The summed E-state index contributed by atoms with van der Waals surface area (Å²) in [5.41, 5.74) is 2.65. The lowest BCUT2D eigenvalue weighted by Gasteiger charge is -2.05. The molecule has 0 unspecified atom stereocenters. The van der Waals surface area contributed by atoms with E-state index in [-0.39, 0.29) is 0 Å². The minimum atomic E-state index is -0.425. The molecule has 0 radical (unpaired) electrons. The summed E-state index contributed by atoms with van der Waals surface area (Å²) in [7, 11) is 1.33. The molecule has 0 saturated carbocycles. The largest absolute Gasteiger partial charge is 0.465 e. The van der Waals surface area contributed by atoms with Gasteiger partial charge in [-0.05, 0) is 30.3 Å². The van der Waals surface area contributed by atoms with E-state index >= 15 is 0 Å². The van der Waals surface area contributed by atoms with Gasteiger partial charge in [-0.2, -0.15) is 0 Å². The first kappa shape index (κ1) is 13.1. The third-order valence-corrected chi connectivity index (χ3v) is 3.52. The van der Waals surface area contributed by atoms with Crippen LogP contribution in [0.5, 0.6) is 0 Å². The Morgan fingerprint density at radius 3 is 2.20 bits per heavy atom. The van der Waals surface area contributed by atoms with Gasteiger partial charge < -0.3 is 4.74 Å². The fourth-order valence-electron chi connectivity index (χ4n) is 1.94. The first-order valence-corrected chi connectivity index (χ1v) is 6.49. The van der Waals surface area contributed by atoms with E-state index in [1.807, 2.05) is 0 Å². The van der Waals surface area contributed by atoms with Crippen molar-refractivity contribution in [2.75, 3.05) is 7.11 Å². The van der Waals surface area contributed by atoms with Crippen molar-refractivity contribution in [2.45, 2.75) is 0 Å². The first-order chi connectivity index (χ1) is 9.60. The standard InChI is InChI=1S/C14H8Cl2N2O2/c1-20-14(19)7-2-5-10-11(6-7)18-13-9(16)4-3-8(15)12(13)17-10/h2-6H,1H3. The van der Waals surface area contributed by atoms with Crippen LogP contribution in [0.1, 0.15) is 10.4 Å². The predicted molar refractivity (Wildman–Crippen MR) is 78.4 cm³/mol. The second kappa shape index (κ2) is 4.89. The van der Waals surface area contributed by atoms with Crippen molar-refractivity contribution in [3.05, 3.63) is 45.9 Å². The Hall–Kier alpha value is -1.91. The van der Waals surface area contributed by atoms with E-state index in [1.54, 1.807) is 30.3 Å². The van der Waals surface area contributed by atoms with E-state index in [1.165, 1.54) is 7.11 Å². The molecular weight excluding hydrogens is 299 g/mol. The van der Waals surface area contributed by atoms with Crippen LogP contribution in [-0.2, 0) is 4.74 Å². The van der Waals surface area contributed by atoms with Gasteiger partial charge in [-0.1, -0.05) is 23.2 Å². The van der Waals surface area contributed by atoms with Gasteiger partial charge in [0.2, 0.25) is 0 Å². The highest BCUT2D eigenvalue weighted by molar-refractivity contribution is 6.39. The Balaban J connectivity index is 2.34. The number of benzene rings is 2. The Kier molecular flexibility index (Phi) is 3.20. The van der Waals surface area contributed by atoms with Crippen molar-refractivity contribution >= 4 is 51.2 Å². The van der Waals surface area contributed by atoms with E-state index in [2.05, 4.69) is 14.7 Å². The number of aromatic nitrogens is 2. The zero-order valence-corrected chi connectivity index (χ0v) is 11.9. The second-order valence-corrected chi connectivity index (χ2v) is 4.96. The lowest BCUT2D eigenvalue weighted by atomic mass is 10.2. The predicted octanol–water partition coefficient (Wildman–Crippen LogP) is 3.88. The normalized spacial score (nSPS) is 10.9. The molecule has 0 saturated heterocycles. The topological polar surface area (TPSA) is 52.1 Å². The first-order valence-electron chi connectivity index (χ1n) is 5.74. The van der Waals surface area contributed by atoms with E-state index < -0.39 is 5.97 Å². The average molecular weight is 307 g/mol. The number of hydrogen-bond donors (Lipinski definition) is 0. The maximum atomic E-state index is 11.5. The lowest BCUT2D eigenvalue weighted by Crippen LogP contribution is -2.01. The minimum absolute atomic E-state index is 0.409. The number of carbonyl (C=O) groups excluding carboxylic acids is 1. The Morgan fingerprint density at radius 2 is 1.60 bits per heavy atom. The summed E-state index contributed by atoms with van der Waals surface area (Å²) in [4.78, 5) is 20.4. The van der Waals surface area contributed by atoms with Crippen LogP contribution in [-0.4, -0.2) is 23.0 Å². The highest BCUT2D eigenvalue weighted by Gasteiger charge is 2.11. The maximum Gasteiger partial charge on any atom is 0.337 e. The zero-order valence-electron chi connectivity index (χ0n) is 10.4. The van der Waals surface area contributed by atoms with Crippen molar-refractivity contribution in [3.63, 3.8) is 0 Å². The molecule has 4 nitrogen and oxygen atoms in total. The van der Waals surface area contributed by atoms with Crippen molar-refractivity contribution in [3.8, 4) is 0 Å². The summed E-state index contributed by atoms with van der Waals surface area (Å²) in [6.45, 7) is 0. The zero-order chi connectivity index (χ0) is 14.3. The third kappa shape index (κ3) is 2.07. The molecule has 1 heterocycles. The summed E-state index contributed by atoms with van der Waals surface area (Å²) < 4.78 is 4.68. The molecule has 0 aliphatic rings. The fraction of sp³-hybridized carbons (Fsp3) is 0.0714. The molecule has 3 rings (SSSR count). The summed E-state index contributed by atoms with van der Waals surface area (Å²) >= 11 is 12.2. The number of fused-ring (bicyclic) bond motifs is 2. The second-order valence-electron chi connectivity index (χ2n) is 4.15. The number of carbonyl (C=O) groups is 1. The van der Waals surface area contributed by atoms with E-state index in [9.17, 15) is 4.79 Å². The van der Waals surface area contributed by atoms with Crippen LogP contribution in [0.3, 0.4) is 0 Å². The van der Waals surface area contributed by atoms with Gasteiger partial charge in [0.25, 0.3) is 0 Å². The Morgan fingerprint density at radius 1 is 1.00 bits per heavy atom. The molecule has 2 aromatic carbocycles. The fourth-order valence-corrected chi connectivity index (χ4v) is 2.33. The quantitative estimate of drug-likeness (QED) is 0.506. The molecular formula is C14H8Cl2N2O2. The summed E-state index contributed by atoms with van der Waals surface area (Å²) in [6, 6.07) is 8.29. The number of methoxy groups -OCH3 is 1. The number of rotatable bonds is 1. The Labute approximate surface area is 124 Å². The number of halogens is 2. The Bertz CT molecular complexity index is 849. The SMILES string of the molecule is COC(=O)c1ccc2nc3c(Cl)ccc(Cl)c3nc2c1.